The first-order valence-electron chi connectivity index (χ1n) is 2.85. The van der Waals surface area contributed by atoms with Crippen LogP contribution in [0, 0.1) is 0 Å². The highest BCUT2D eigenvalue weighted by molar-refractivity contribution is 5.17. The van der Waals surface area contributed by atoms with Gasteiger partial charge in [-0.05, 0) is 12.5 Å². The van der Waals surface area contributed by atoms with Crippen LogP contribution in [0.25, 0.3) is 0 Å². The number of hydrogen-bond donors (Lipinski definition) is 1. The van der Waals surface area contributed by atoms with Crippen molar-refractivity contribution in [3.63, 3.8) is 0 Å². The molecule has 0 saturated heterocycles. The van der Waals surface area contributed by atoms with Crippen molar-refractivity contribution in [3.8, 4) is 0 Å². The summed E-state index contributed by atoms with van der Waals surface area (Å²) < 4.78 is 0. The van der Waals surface area contributed by atoms with Crippen molar-refractivity contribution in [1.82, 2.24) is 4.90 Å². The van der Waals surface area contributed by atoms with Gasteiger partial charge in [0.1, 0.15) is 5.82 Å². The Labute approximate surface area is 56.6 Å². The largest absolute Gasteiger partial charge is 0.385 e. The molecule has 2 nitrogen and oxygen atoms in total. The molecule has 0 aromatic heterocycles. The van der Waals surface area contributed by atoms with E-state index < -0.39 is 0 Å². The third kappa shape index (κ3) is 2.22. The molecule has 0 amide bonds. The van der Waals surface area contributed by atoms with Crippen LogP contribution in [-0.2, 0) is 0 Å². The maximum Gasteiger partial charge on any atom is 0.101 e. The summed E-state index contributed by atoms with van der Waals surface area (Å²) >= 11 is 0. The Bertz CT molecular complexity index is 134. The van der Waals surface area contributed by atoms with Gasteiger partial charge in [-0.1, -0.05) is 12.7 Å². The average molecular weight is 126 g/mol. The van der Waals surface area contributed by atoms with Crippen molar-refractivity contribution in [2.45, 2.75) is 6.92 Å². The molecule has 0 aromatic carbocycles. The van der Waals surface area contributed by atoms with E-state index >= 15 is 0 Å². The van der Waals surface area contributed by atoms with Gasteiger partial charge in [0.25, 0.3) is 0 Å². The quantitative estimate of drug-likeness (QED) is 0.557. The number of hydrogen-bond acceptors (Lipinski definition) is 2. The minimum atomic E-state index is 0.769. The molecule has 0 heterocycles. The van der Waals surface area contributed by atoms with Crippen LogP contribution in [-0.4, -0.2) is 19.0 Å². The van der Waals surface area contributed by atoms with Gasteiger partial charge in [0.05, 0.1) is 0 Å². The van der Waals surface area contributed by atoms with E-state index in [2.05, 4.69) is 6.58 Å². The molecule has 52 valence electrons. The number of nitrogens with zero attached hydrogens (tertiary/aromatic N) is 1. The lowest BCUT2D eigenvalue weighted by Crippen LogP contribution is -2.19. The lowest BCUT2D eigenvalue weighted by molar-refractivity contribution is 0.501. The van der Waals surface area contributed by atoms with Crippen molar-refractivity contribution in [2.24, 2.45) is 5.73 Å². The highest BCUT2D eigenvalue weighted by Crippen LogP contribution is 1.99. The van der Waals surface area contributed by atoms with Crippen LogP contribution in [0.2, 0.25) is 0 Å². The minimum Gasteiger partial charge on any atom is -0.385 e. The lowest BCUT2D eigenvalue weighted by Gasteiger charge is -2.13. The second-order valence-corrected chi connectivity index (χ2v) is 2.17. The predicted molar refractivity (Wildman–Crippen MR) is 40.8 cm³/mol. The van der Waals surface area contributed by atoms with E-state index in [0.717, 1.165) is 11.4 Å². The summed E-state index contributed by atoms with van der Waals surface area (Å²) in [6.45, 7) is 5.53. The van der Waals surface area contributed by atoms with Crippen molar-refractivity contribution in [3.05, 3.63) is 24.0 Å². The summed E-state index contributed by atoms with van der Waals surface area (Å²) in [6.07, 6.45) is 1.75. The molecule has 0 radical (unpaired) electrons. The molecule has 0 rings (SSSR count). The van der Waals surface area contributed by atoms with Crippen molar-refractivity contribution < 1.29 is 0 Å². The molecule has 2 N–H and O–H groups in total. The Morgan fingerprint density at radius 1 is 1.56 bits per heavy atom. The van der Waals surface area contributed by atoms with Crippen LogP contribution < -0.4 is 5.73 Å². The smallest absolute Gasteiger partial charge is 0.101 e. The molecule has 0 saturated carbocycles. The highest BCUT2D eigenvalue weighted by Gasteiger charge is 1.93. The summed E-state index contributed by atoms with van der Waals surface area (Å²) in [5, 5.41) is 0. The van der Waals surface area contributed by atoms with E-state index in [1.54, 1.807) is 6.08 Å². The van der Waals surface area contributed by atoms with Gasteiger partial charge in [0, 0.05) is 14.1 Å². The van der Waals surface area contributed by atoms with Gasteiger partial charge in [-0.15, -0.1) is 0 Å². The Hall–Kier alpha value is -0.920. The molecular formula is C7H14N2. The van der Waals surface area contributed by atoms with Gasteiger partial charge < -0.3 is 10.6 Å². The van der Waals surface area contributed by atoms with Crippen LogP contribution in [0.5, 0.6) is 0 Å². The topological polar surface area (TPSA) is 29.3 Å². The molecule has 0 bridgehead atoms. The zero-order valence-electron chi connectivity index (χ0n) is 6.31. The van der Waals surface area contributed by atoms with E-state index in [-0.39, 0.29) is 0 Å². The summed E-state index contributed by atoms with van der Waals surface area (Å²) in [7, 11) is 3.81. The maximum absolute atomic E-state index is 5.60. The SMILES string of the molecule is C=C/C(C)=C(\N)N(C)C. The fourth-order valence-corrected chi connectivity index (χ4v) is 0.457. The average Bonchev–Trinajstić information content (AvgIpc) is 1.84. The first kappa shape index (κ1) is 8.08. The van der Waals surface area contributed by atoms with Crippen molar-refractivity contribution >= 4 is 0 Å². The van der Waals surface area contributed by atoms with Gasteiger partial charge in [-0.3, -0.25) is 0 Å². The predicted octanol–water partition coefficient (Wildman–Crippen LogP) is 0.924. The molecule has 0 atom stereocenters. The van der Waals surface area contributed by atoms with Crippen LogP contribution in [0.4, 0.5) is 0 Å². The highest BCUT2D eigenvalue weighted by atomic mass is 15.1. The Morgan fingerprint density at radius 3 is 2.11 bits per heavy atom. The molecular weight excluding hydrogens is 112 g/mol. The summed E-state index contributed by atoms with van der Waals surface area (Å²) in [6, 6.07) is 0. The maximum atomic E-state index is 5.60. The van der Waals surface area contributed by atoms with E-state index in [4.69, 9.17) is 5.73 Å². The van der Waals surface area contributed by atoms with Crippen molar-refractivity contribution in [2.75, 3.05) is 14.1 Å². The normalized spacial score (nSPS) is 12.3. The van der Waals surface area contributed by atoms with E-state index in [0.29, 0.717) is 0 Å². The van der Waals surface area contributed by atoms with E-state index in [1.807, 2.05) is 25.9 Å². The molecule has 9 heavy (non-hydrogen) atoms. The Morgan fingerprint density at radius 2 is 2.00 bits per heavy atom. The van der Waals surface area contributed by atoms with Crippen LogP contribution in [0.15, 0.2) is 24.0 Å². The number of rotatable bonds is 2. The van der Waals surface area contributed by atoms with Gasteiger partial charge in [-0.25, -0.2) is 0 Å². The molecule has 0 spiro atoms. The Kier molecular flexibility index (Phi) is 2.85. The first-order chi connectivity index (χ1) is 4.09. The fourth-order valence-electron chi connectivity index (χ4n) is 0.457. The van der Waals surface area contributed by atoms with Gasteiger partial charge >= 0.3 is 0 Å². The van der Waals surface area contributed by atoms with Gasteiger partial charge in [0.15, 0.2) is 0 Å². The van der Waals surface area contributed by atoms with Crippen LogP contribution in [0.1, 0.15) is 6.92 Å². The standard InChI is InChI=1S/C7H14N2/c1-5-6(2)7(8)9(3)4/h5H,1,8H2,2-4H3/b7-6+. The zero-order chi connectivity index (χ0) is 7.44. The summed E-state index contributed by atoms with van der Waals surface area (Å²) in [5.41, 5.74) is 6.62. The van der Waals surface area contributed by atoms with Crippen LogP contribution >= 0.6 is 0 Å². The second kappa shape index (κ2) is 3.17. The molecule has 0 aliphatic carbocycles. The molecule has 0 aliphatic heterocycles. The van der Waals surface area contributed by atoms with Crippen molar-refractivity contribution in [1.29, 1.82) is 0 Å². The molecule has 2 heteroatoms. The third-order valence-electron chi connectivity index (χ3n) is 1.19. The van der Waals surface area contributed by atoms with E-state index in [1.165, 1.54) is 0 Å². The molecule has 0 fully saturated rings. The second-order valence-electron chi connectivity index (χ2n) is 2.17. The zero-order valence-corrected chi connectivity index (χ0v) is 6.31. The van der Waals surface area contributed by atoms with Crippen LogP contribution in [0.3, 0.4) is 0 Å². The fraction of sp³-hybridized carbons (Fsp3) is 0.429. The summed E-state index contributed by atoms with van der Waals surface area (Å²) in [4.78, 5) is 1.86. The van der Waals surface area contributed by atoms with Gasteiger partial charge in [-0.2, -0.15) is 0 Å². The Balaban J connectivity index is 4.27. The molecule has 0 aromatic rings. The van der Waals surface area contributed by atoms with E-state index in [9.17, 15) is 0 Å². The minimum absolute atomic E-state index is 0.769. The van der Waals surface area contributed by atoms with Gasteiger partial charge in [0.2, 0.25) is 0 Å². The monoisotopic (exact) mass is 126 g/mol. The number of nitrogens with two attached hydrogens (primary N) is 1. The molecule has 0 aliphatic rings. The molecule has 0 unspecified atom stereocenters. The summed E-state index contributed by atoms with van der Waals surface area (Å²) in [5.74, 6) is 0.769. The number of allylic oxidation sites excluding steroid dienone is 2. The third-order valence-corrected chi connectivity index (χ3v) is 1.19. The lowest BCUT2D eigenvalue weighted by atomic mass is 10.3. The first-order valence-corrected chi connectivity index (χ1v) is 2.85.